The van der Waals surface area contributed by atoms with Crippen molar-refractivity contribution in [2.75, 3.05) is 9.80 Å². The number of anilines is 6. The van der Waals surface area contributed by atoms with Crippen molar-refractivity contribution in [1.29, 1.82) is 0 Å². The summed E-state index contributed by atoms with van der Waals surface area (Å²) in [6, 6.07) is 69.7. The van der Waals surface area contributed by atoms with Crippen LogP contribution in [0.4, 0.5) is 60.5 Å². The second kappa shape index (κ2) is 16.1. The Hall–Kier alpha value is -8.56. The van der Waals surface area contributed by atoms with Crippen LogP contribution in [0, 0.1) is 0 Å². The zero-order valence-corrected chi connectivity index (χ0v) is 36.5. The number of rotatable bonds is 8. The van der Waals surface area contributed by atoms with Crippen LogP contribution in [0.25, 0.3) is 70.9 Å². The minimum atomic E-state index is -4.57. The van der Waals surface area contributed by atoms with Gasteiger partial charge >= 0.3 is 12.4 Å². The number of hydrogen-bond donors (Lipinski definition) is 0. The molecule has 12 aromatic rings. The monoisotopic (exact) mass is 913 g/mol. The van der Waals surface area contributed by atoms with Crippen LogP contribution in [0.2, 0.25) is 0 Å². The van der Waals surface area contributed by atoms with Gasteiger partial charge in [0.15, 0.2) is 0 Å². The molecule has 0 unspecified atom stereocenters. The Bertz CT molecular complexity index is 3730. The van der Waals surface area contributed by atoms with Crippen LogP contribution in [-0.2, 0) is 12.4 Å². The Labute approximate surface area is 392 Å². The molecule has 3 nitrogen and oxygen atoms in total. The first-order valence-electron chi connectivity index (χ1n) is 22.4. The van der Waals surface area contributed by atoms with Crippen molar-refractivity contribution in [2.24, 2.45) is 0 Å². The van der Waals surface area contributed by atoms with Crippen LogP contribution in [0.3, 0.4) is 0 Å². The van der Waals surface area contributed by atoms with E-state index in [0.717, 1.165) is 112 Å². The third-order valence-electron chi connectivity index (χ3n) is 13.1. The van der Waals surface area contributed by atoms with Gasteiger partial charge in [-0.1, -0.05) is 103 Å². The fourth-order valence-corrected chi connectivity index (χ4v) is 10.1. The van der Waals surface area contributed by atoms with Gasteiger partial charge in [0.05, 0.1) is 22.2 Å². The number of hydrogen-bond acceptors (Lipinski definition) is 2. The summed E-state index contributed by atoms with van der Waals surface area (Å²) in [5, 5.41) is 8.31. The van der Waals surface area contributed by atoms with Crippen molar-refractivity contribution in [1.82, 2.24) is 4.57 Å². The third kappa shape index (κ3) is 7.17. The molecular formula is C60H37F6N3. The predicted octanol–water partition coefficient (Wildman–Crippen LogP) is 18.3. The minimum Gasteiger partial charge on any atom is -0.311 e. The molecule has 9 heteroatoms. The molecule has 0 spiro atoms. The maximum atomic E-state index is 13.8. The van der Waals surface area contributed by atoms with Gasteiger partial charge in [0.2, 0.25) is 0 Å². The van der Waals surface area contributed by atoms with Crippen molar-refractivity contribution in [3.05, 3.63) is 236 Å². The number of aromatic nitrogens is 1. The number of fused-ring (bicyclic) bond motifs is 4. The quantitative estimate of drug-likeness (QED) is 0.111. The molecule has 0 aliphatic carbocycles. The Morgan fingerprint density at radius 2 is 0.768 bits per heavy atom. The molecule has 1 heterocycles. The zero-order chi connectivity index (χ0) is 47.0. The summed E-state index contributed by atoms with van der Waals surface area (Å²) in [7, 11) is 0. The Morgan fingerprint density at radius 3 is 1.33 bits per heavy atom. The average Bonchev–Trinajstić information content (AvgIpc) is 3.70. The summed E-state index contributed by atoms with van der Waals surface area (Å²) in [6.45, 7) is 0. The van der Waals surface area contributed by atoms with Gasteiger partial charge in [-0.05, 0) is 165 Å². The molecule has 1 aromatic heterocycles. The molecule has 0 fully saturated rings. The second-order valence-electron chi connectivity index (χ2n) is 17.2. The van der Waals surface area contributed by atoms with E-state index in [0.29, 0.717) is 17.1 Å². The Balaban J connectivity index is 1.06. The van der Waals surface area contributed by atoms with Gasteiger partial charge in [-0.3, -0.25) is 0 Å². The molecule has 0 saturated carbocycles. The van der Waals surface area contributed by atoms with Crippen LogP contribution in [0.5, 0.6) is 0 Å². The SMILES string of the molecule is FC(F)(F)c1ccc(N(c2ccc(C(F)(F)F)cc2)c2ccc3c(c2)c2c4ccc5ccc(-c6ccc(N(c7ccccc7)c7ccccc7)cc6)c6ccc(cc2n3-c2ccccc2)c4c56)cc1. The molecular weight excluding hydrogens is 877 g/mol. The Morgan fingerprint density at radius 1 is 0.319 bits per heavy atom. The van der Waals surface area contributed by atoms with Gasteiger partial charge in [-0.25, -0.2) is 0 Å². The van der Waals surface area contributed by atoms with E-state index in [2.05, 4.69) is 100 Å². The molecule has 11 aromatic carbocycles. The van der Waals surface area contributed by atoms with Gasteiger partial charge < -0.3 is 14.4 Å². The number of nitrogens with zero attached hydrogens (tertiary/aromatic N) is 3. The lowest BCUT2D eigenvalue weighted by Gasteiger charge is -2.26. The van der Waals surface area contributed by atoms with Crippen molar-refractivity contribution in [3.63, 3.8) is 0 Å². The van der Waals surface area contributed by atoms with Crippen molar-refractivity contribution in [2.45, 2.75) is 12.4 Å². The lowest BCUT2D eigenvalue weighted by atomic mass is 9.88. The molecule has 0 atom stereocenters. The summed E-state index contributed by atoms with van der Waals surface area (Å²) in [5.41, 5.74) is 7.67. The van der Waals surface area contributed by atoms with E-state index in [9.17, 15) is 26.3 Å². The Kier molecular flexibility index (Phi) is 9.74. The second-order valence-corrected chi connectivity index (χ2v) is 17.2. The lowest BCUT2D eigenvalue weighted by Crippen LogP contribution is -2.12. The van der Waals surface area contributed by atoms with Crippen LogP contribution in [0.15, 0.2) is 224 Å². The number of para-hydroxylation sites is 3. The molecule has 0 aliphatic heterocycles. The van der Waals surface area contributed by atoms with Crippen LogP contribution >= 0.6 is 0 Å². The van der Waals surface area contributed by atoms with E-state index in [1.165, 1.54) is 24.3 Å². The van der Waals surface area contributed by atoms with Gasteiger partial charge in [-0.15, -0.1) is 0 Å². The summed E-state index contributed by atoms with van der Waals surface area (Å²) in [5.74, 6) is 0. The average molecular weight is 914 g/mol. The molecule has 334 valence electrons. The highest BCUT2D eigenvalue weighted by molar-refractivity contribution is 6.34. The van der Waals surface area contributed by atoms with Crippen LogP contribution in [0.1, 0.15) is 11.1 Å². The minimum absolute atomic E-state index is 0.352. The number of alkyl halides is 6. The first-order chi connectivity index (χ1) is 33.5. The van der Waals surface area contributed by atoms with Crippen LogP contribution in [-0.4, -0.2) is 4.57 Å². The standard InChI is InChI=1S/C60H37F6N3/c61-59(62,63)41-21-27-47(28-22-41)68(48-29-23-42(24-30-48)60(64,65)66)49-31-35-54-53(37-49)58-52-34-19-39-18-32-50(51-33-20-40(57(52)56(39)51)36-55(58)69(54)45-14-8-3-9-15-45)38-16-25-46(26-17-38)67(43-10-4-1-5-11-43)44-12-6-2-7-13-44/h1-37H. The third-order valence-corrected chi connectivity index (χ3v) is 13.1. The van der Waals surface area contributed by atoms with Gasteiger partial charge in [-0.2, -0.15) is 26.3 Å². The molecule has 0 radical (unpaired) electrons. The van der Waals surface area contributed by atoms with E-state index >= 15 is 0 Å². The molecule has 0 saturated heterocycles. The van der Waals surface area contributed by atoms with E-state index in [1.54, 1.807) is 4.90 Å². The highest BCUT2D eigenvalue weighted by atomic mass is 19.4. The maximum Gasteiger partial charge on any atom is 0.416 e. The zero-order valence-electron chi connectivity index (χ0n) is 36.5. The van der Waals surface area contributed by atoms with E-state index in [4.69, 9.17) is 0 Å². The summed E-state index contributed by atoms with van der Waals surface area (Å²) < 4.78 is 85.0. The maximum absolute atomic E-state index is 13.8. The summed E-state index contributed by atoms with van der Waals surface area (Å²) in [4.78, 5) is 3.93. The summed E-state index contributed by atoms with van der Waals surface area (Å²) in [6.07, 6.45) is -9.15. The highest BCUT2D eigenvalue weighted by Gasteiger charge is 2.32. The molecule has 69 heavy (non-hydrogen) atoms. The van der Waals surface area contributed by atoms with Crippen molar-refractivity contribution in [3.8, 4) is 16.8 Å². The highest BCUT2D eigenvalue weighted by Crippen LogP contribution is 2.48. The summed E-state index contributed by atoms with van der Waals surface area (Å²) >= 11 is 0. The molecule has 0 amide bonds. The van der Waals surface area contributed by atoms with E-state index < -0.39 is 23.5 Å². The predicted molar refractivity (Wildman–Crippen MR) is 269 cm³/mol. The smallest absolute Gasteiger partial charge is 0.311 e. The largest absolute Gasteiger partial charge is 0.416 e. The van der Waals surface area contributed by atoms with Crippen molar-refractivity contribution >= 4 is 88.2 Å². The molecule has 0 N–H and O–H groups in total. The first-order valence-corrected chi connectivity index (χ1v) is 22.4. The molecule has 0 bridgehead atoms. The number of benzene rings is 11. The molecule has 12 rings (SSSR count). The van der Waals surface area contributed by atoms with E-state index in [-0.39, 0.29) is 0 Å². The van der Waals surface area contributed by atoms with E-state index in [1.807, 2.05) is 84.9 Å². The normalized spacial score (nSPS) is 12.2. The van der Waals surface area contributed by atoms with Gasteiger partial charge in [0, 0.05) is 50.6 Å². The van der Waals surface area contributed by atoms with Crippen LogP contribution < -0.4 is 9.80 Å². The van der Waals surface area contributed by atoms with Gasteiger partial charge in [0.1, 0.15) is 0 Å². The fourth-order valence-electron chi connectivity index (χ4n) is 10.1. The number of halogens is 6. The first kappa shape index (κ1) is 41.8. The molecule has 0 aliphatic rings. The fraction of sp³-hybridized carbons (Fsp3) is 0.0333. The lowest BCUT2D eigenvalue weighted by molar-refractivity contribution is -0.138. The van der Waals surface area contributed by atoms with Gasteiger partial charge in [0.25, 0.3) is 0 Å². The van der Waals surface area contributed by atoms with Crippen molar-refractivity contribution < 1.29 is 26.3 Å². The topological polar surface area (TPSA) is 11.4 Å².